The molecule has 0 aliphatic heterocycles. The molecule has 0 radical (unpaired) electrons. The molecule has 2 rings (SSSR count). The number of ether oxygens (including phenoxy) is 1. The molecular formula is C16H18F2N4O3. The van der Waals surface area contributed by atoms with Crippen LogP contribution in [-0.2, 0) is 13.1 Å². The molecule has 1 amide bonds. The Balaban J connectivity index is 1.91. The number of aliphatic imine (C=N–C) groups is 1. The maximum Gasteiger partial charge on any atom is 0.387 e. The summed E-state index contributed by atoms with van der Waals surface area (Å²) in [6.07, 6.45) is 0. The molecule has 4 N–H and O–H groups in total. The predicted molar refractivity (Wildman–Crippen MR) is 87.3 cm³/mol. The highest BCUT2D eigenvalue weighted by atomic mass is 19.3. The second-order valence-corrected chi connectivity index (χ2v) is 4.90. The minimum atomic E-state index is -2.89. The van der Waals surface area contributed by atoms with E-state index in [9.17, 15) is 13.6 Å². The number of primary amides is 1. The number of guanidine groups is 1. The molecular weight excluding hydrogens is 334 g/mol. The lowest BCUT2D eigenvalue weighted by atomic mass is 10.2. The van der Waals surface area contributed by atoms with Crippen molar-refractivity contribution in [2.24, 2.45) is 10.7 Å². The van der Waals surface area contributed by atoms with Gasteiger partial charge in [0, 0.05) is 19.2 Å². The molecule has 0 fully saturated rings. The van der Waals surface area contributed by atoms with Crippen LogP contribution in [0.3, 0.4) is 0 Å². The Morgan fingerprint density at radius 3 is 2.60 bits per heavy atom. The third kappa shape index (κ3) is 5.48. The summed E-state index contributed by atoms with van der Waals surface area (Å²) >= 11 is 0. The first-order chi connectivity index (χ1) is 12.0. The lowest BCUT2D eigenvalue weighted by molar-refractivity contribution is -0.0504. The van der Waals surface area contributed by atoms with E-state index in [2.05, 4.69) is 20.4 Å². The molecule has 2 aromatic rings. The zero-order valence-electron chi connectivity index (χ0n) is 13.5. The van der Waals surface area contributed by atoms with E-state index in [-0.39, 0.29) is 24.6 Å². The fourth-order valence-electron chi connectivity index (χ4n) is 2.04. The summed E-state index contributed by atoms with van der Waals surface area (Å²) in [5.41, 5.74) is 5.67. The van der Waals surface area contributed by atoms with Gasteiger partial charge < -0.3 is 25.5 Å². The summed E-state index contributed by atoms with van der Waals surface area (Å²) in [7, 11) is 1.56. The van der Waals surface area contributed by atoms with Crippen LogP contribution in [0, 0.1) is 0 Å². The van der Waals surface area contributed by atoms with Crippen LogP contribution in [0.2, 0.25) is 0 Å². The fourth-order valence-corrected chi connectivity index (χ4v) is 2.04. The molecule has 7 nitrogen and oxygen atoms in total. The fraction of sp³-hybridized carbons (Fsp3) is 0.250. The van der Waals surface area contributed by atoms with Gasteiger partial charge in [0.15, 0.2) is 11.7 Å². The minimum Gasteiger partial charge on any atom is -0.454 e. The molecule has 0 saturated heterocycles. The van der Waals surface area contributed by atoms with Crippen LogP contribution in [0.1, 0.15) is 21.9 Å². The minimum absolute atomic E-state index is 0.0674. The molecule has 0 aliphatic rings. The van der Waals surface area contributed by atoms with Crippen molar-refractivity contribution in [3.63, 3.8) is 0 Å². The van der Waals surface area contributed by atoms with Gasteiger partial charge in [0.2, 0.25) is 0 Å². The number of hydrogen-bond donors (Lipinski definition) is 3. The molecule has 1 aromatic carbocycles. The first-order valence-electron chi connectivity index (χ1n) is 7.35. The second-order valence-electron chi connectivity index (χ2n) is 4.90. The molecule has 0 bridgehead atoms. The van der Waals surface area contributed by atoms with E-state index in [0.717, 1.165) is 0 Å². The van der Waals surface area contributed by atoms with E-state index >= 15 is 0 Å². The predicted octanol–water partition coefficient (Wildman–Crippen LogP) is 1.85. The molecule has 0 atom stereocenters. The van der Waals surface area contributed by atoms with Crippen molar-refractivity contribution in [3.8, 4) is 5.75 Å². The van der Waals surface area contributed by atoms with Gasteiger partial charge in [-0.2, -0.15) is 8.78 Å². The van der Waals surface area contributed by atoms with Gasteiger partial charge in [-0.3, -0.25) is 9.79 Å². The van der Waals surface area contributed by atoms with Gasteiger partial charge in [0.05, 0.1) is 6.54 Å². The Labute approximate surface area is 142 Å². The summed E-state index contributed by atoms with van der Waals surface area (Å²) in [4.78, 5) is 15.0. The molecule has 1 aromatic heterocycles. The highest BCUT2D eigenvalue weighted by molar-refractivity contribution is 5.89. The van der Waals surface area contributed by atoms with Crippen molar-refractivity contribution in [1.29, 1.82) is 0 Å². The van der Waals surface area contributed by atoms with Crippen molar-refractivity contribution in [1.82, 2.24) is 10.6 Å². The number of nitrogens with two attached hydrogens (primary N) is 1. The van der Waals surface area contributed by atoms with E-state index in [4.69, 9.17) is 10.2 Å². The van der Waals surface area contributed by atoms with Gasteiger partial charge in [0.25, 0.3) is 5.91 Å². The molecule has 25 heavy (non-hydrogen) atoms. The first kappa shape index (κ1) is 18.2. The maximum atomic E-state index is 12.4. The largest absolute Gasteiger partial charge is 0.454 e. The maximum absolute atomic E-state index is 12.4. The highest BCUT2D eigenvalue weighted by Gasteiger charge is 2.10. The molecule has 0 unspecified atom stereocenters. The van der Waals surface area contributed by atoms with Crippen LogP contribution in [-0.4, -0.2) is 25.5 Å². The van der Waals surface area contributed by atoms with Crippen molar-refractivity contribution in [2.45, 2.75) is 19.7 Å². The van der Waals surface area contributed by atoms with E-state index in [1.807, 2.05) is 0 Å². The molecule has 0 spiro atoms. The Bertz CT molecular complexity index is 746. The third-order valence-electron chi connectivity index (χ3n) is 3.19. The Kier molecular flexibility index (Phi) is 6.33. The molecule has 9 heteroatoms. The molecule has 1 heterocycles. The number of furan rings is 1. The van der Waals surface area contributed by atoms with Crippen LogP contribution < -0.4 is 21.1 Å². The average molecular weight is 352 g/mol. The quantitative estimate of drug-likeness (QED) is 0.521. The zero-order valence-corrected chi connectivity index (χ0v) is 13.5. The van der Waals surface area contributed by atoms with Gasteiger partial charge in [-0.05, 0) is 18.2 Å². The Hall–Kier alpha value is -3.10. The summed E-state index contributed by atoms with van der Waals surface area (Å²) in [5, 5.41) is 5.95. The van der Waals surface area contributed by atoms with Gasteiger partial charge in [0.1, 0.15) is 11.5 Å². The first-order valence-corrected chi connectivity index (χ1v) is 7.35. The number of amides is 1. The van der Waals surface area contributed by atoms with Gasteiger partial charge in [-0.25, -0.2) is 0 Å². The molecule has 0 aliphatic carbocycles. The number of halogens is 2. The van der Waals surface area contributed by atoms with E-state index in [0.29, 0.717) is 17.3 Å². The van der Waals surface area contributed by atoms with Gasteiger partial charge in [-0.1, -0.05) is 18.2 Å². The highest BCUT2D eigenvalue weighted by Crippen LogP contribution is 2.19. The van der Waals surface area contributed by atoms with Crippen molar-refractivity contribution in [2.75, 3.05) is 7.05 Å². The van der Waals surface area contributed by atoms with Gasteiger partial charge in [-0.15, -0.1) is 0 Å². The van der Waals surface area contributed by atoms with Crippen molar-refractivity contribution < 1.29 is 22.7 Å². The van der Waals surface area contributed by atoms with Crippen molar-refractivity contribution >= 4 is 11.9 Å². The van der Waals surface area contributed by atoms with Crippen LogP contribution in [0.4, 0.5) is 8.78 Å². The number of alkyl halides is 2. The Morgan fingerprint density at radius 1 is 1.24 bits per heavy atom. The summed E-state index contributed by atoms with van der Waals surface area (Å²) < 4.78 is 34.5. The lowest BCUT2D eigenvalue weighted by Gasteiger charge is -2.14. The SMILES string of the molecule is CN=C(NCc1ccc(C(N)=O)o1)NCc1ccccc1OC(F)F. The molecule has 134 valence electrons. The summed E-state index contributed by atoms with van der Waals surface area (Å²) in [6.45, 7) is -2.40. The third-order valence-corrected chi connectivity index (χ3v) is 3.19. The van der Waals surface area contributed by atoms with E-state index in [1.165, 1.54) is 12.1 Å². The standard InChI is InChI=1S/C16H18F2N4O3/c1-20-16(22-9-11-6-7-13(24-11)14(19)23)21-8-10-4-2-3-5-12(10)25-15(17)18/h2-7,15H,8-9H2,1H3,(H2,19,23)(H2,20,21,22). The smallest absolute Gasteiger partial charge is 0.387 e. The number of benzene rings is 1. The van der Waals surface area contributed by atoms with Crippen LogP contribution in [0.5, 0.6) is 5.75 Å². The summed E-state index contributed by atoms with van der Waals surface area (Å²) in [5.74, 6) is 0.432. The lowest BCUT2D eigenvalue weighted by Crippen LogP contribution is -2.36. The Morgan fingerprint density at radius 2 is 1.96 bits per heavy atom. The van der Waals surface area contributed by atoms with Crippen LogP contribution >= 0.6 is 0 Å². The number of para-hydroxylation sites is 1. The normalized spacial score (nSPS) is 11.4. The average Bonchev–Trinajstić information content (AvgIpc) is 3.05. The summed E-state index contributed by atoms with van der Waals surface area (Å²) in [6, 6.07) is 9.57. The number of nitrogens with zero attached hydrogens (tertiary/aromatic N) is 1. The van der Waals surface area contributed by atoms with Crippen LogP contribution in [0.15, 0.2) is 45.8 Å². The topological polar surface area (TPSA) is 102 Å². The molecule has 0 saturated carbocycles. The number of carbonyl (C=O) groups is 1. The van der Waals surface area contributed by atoms with E-state index in [1.54, 1.807) is 31.3 Å². The second kappa shape index (κ2) is 8.67. The zero-order chi connectivity index (χ0) is 18.2. The number of carbonyl (C=O) groups excluding carboxylic acids is 1. The van der Waals surface area contributed by atoms with Gasteiger partial charge >= 0.3 is 6.61 Å². The van der Waals surface area contributed by atoms with Crippen molar-refractivity contribution in [3.05, 3.63) is 53.5 Å². The number of hydrogen-bond acceptors (Lipinski definition) is 4. The van der Waals surface area contributed by atoms with Crippen LogP contribution in [0.25, 0.3) is 0 Å². The number of nitrogens with one attached hydrogen (secondary N) is 2. The monoisotopic (exact) mass is 352 g/mol. The van der Waals surface area contributed by atoms with E-state index < -0.39 is 12.5 Å². The number of rotatable bonds is 7.